The molecule has 1 heteroatoms. The average Bonchev–Trinajstić information content (AvgIpc) is 2.17. The van der Waals surface area contributed by atoms with E-state index in [9.17, 15) is 0 Å². The monoisotopic (exact) mass is 198 g/mol. The Bertz CT molecular complexity index is 120. The van der Waals surface area contributed by atoms with Gasteiger partial charge in [0.05, 0.1) is 12.4 Å². The van der Waals surface area contributed by atoms with Crippen LogP contribution < -0.4 is 0 Å². The smallest absolute Gasteiger partial charge is 0.0950 e. The lowest BCUT2D eigenvalue weighted by Gasteiger charge is -2.10. The summed E-state index contributed by atoms with van der Waals surface area (Å²) in [5.41, 5.74) is 0. The molecule has 0 aliphatic carbocycles. The Hall–Kier alpha value is -0.460. The maximum atomic E-state index is 5.25. The quantitative estimate of drug-likeness (QED) is 0.366. The van der Waals surface area contributed by atoms with Gasteiger partial charge in [0.1, 0.15) is 0 Å². The van der Waals surface area contributed by atoms with Crippen molar-refractivity contribution in [3.8, 4) is 0 Å². The maximum absolute atomic E-state index is 5.25. The highest BCUT2D eigenvalue weighted by molar-refractivity contribution is 4.57. The van der Waals surface area contributed by atoms with Crippen molar-refractivity contribution in [1.29, 1.82) is 0 Å². The Morgan fingerprint density at radius 3 is 2.21 bits per heavy atom. The summed E-state index contributed by atoms with van der Waals surface area (Å²) in [6.45, 7) is 7.92. The molecular formula is C13H26O. The van der Waals surface area contributed by atoms with E-state index in [-0.39, 0.29) is 0 Å². The van der Waals surface area contributed by atoms with E-state index in [0.717, 1.165) is 0 Å². The molecule has 0 aliphatic heterocycles. The molecule has 0 spiro atoms. The number of rotatable bonds is 10. The van der Waals surface area contributed by atoms with Gasteiger partial charge in [-0.15, -0.1) is 0 Å². The van der Waals surface area contributed by atoms with Crippen molar-refractivity contribution in [3.05, 3.63) is 12.8 Å². The van der Waals surface area contributed by atoms with Crippen molar-refractivity contribution in [2.75, 3.05) is 0 Å². The van der Waals surface area contributed by atoms with Crippen molar-refractivity contribution in [3.63, 3.8) is 0 Å². The van der Waals surface area contributed by atoms with E-state index >= 15 is 0 Å². The first-order valence-corrected chi connectivity index (χ1v) is 6.07. The minimum atomic E-state index is 0.350. The third kappa shape index (κ3) is 9.63. The molecule has 0 aromatic carbocycles. The number of ether oxygens (including phenoxy) is 1. The molecule has 0 aliphatic rings. The van der Waals surface area contributed by atoms with Gasteiger partial charge in [0.2, 0.25) is 0 Å². The number of unbranched alkanes of at least 4 members (excludes halogenated alkanes) is 6. The van der Waals surface area contributed by atoms with Crippen LogP contribution in [0, 0.1) is 0 Å². The molecule has 84 valence electrons. The zero-order valence-corrected chi connectivity index (χ0v) is 9.93. The van der Waals surface area contributed by atoms with Gasteiger partial charge in [-0.1, -0.05) is 52.0 Å². The zero-order chi connectivity index (χ0) is 10.6. The summed E-state index contributed by atoms with van der Waals surface area (Å²) in [4.78, 5) is 0. The van der Waals surface area contributed by atoms with Crippen LogP contribution in [0.5, 0.6) is 0 Å². The highest BCUT2D eigenvalue weighted by Gasteiger charge is 1.99. The van der Waals surface area contributed by atoms with E-state index < -0.39 is 0 Å². The highest BCUT2D eigenvalue weighted by Crippen LogP contribution is 2.10. The molecule has 0 fully saturated rings. The summed E-state index contributed by atoms with van der Waals surface area (Å²) in [7, 11) is 0. The second kappa shape index (κ2) is 10.6. The minimum Gasteiger partial charge on any atom is -0.499 e. The van der Waals surface area contributed by atoms with Crippen molar-refractivity contribution < 1.29 is 4.74 Å². The average molecular weight is 198 g/mol. The molecule has 1 atom stereocenters. The molecule has 0 saturated carbocycles. The molecule has 0 rings (SSSR count). The predicted molar refractivity (Wildman–Crippen MR) is 63.4 cm³/mol. The molecule has 0 bridgehead atoms. The molecule has 0 N–H and O–H groups in total. The van der Waals surface area contributed by atoms with E-state index in [1.807, 2.05) is 0 Å². The van der Waals surface area contributed by atoms with Gasteiger partial charge in [0.25, 0.3) is 0 Å². The number of hydrogen-bond acceptors (Lipinski definition) is 1. The van der Waals surface area contributed by atoms with E-state index in [0.29, 0.717) is 6.10 Å². The Balaban J connectivity index is 3.01. The van der Waals surface area contributed by atoms with Crippen LogP contribution >= 0.6 is 0 Å². The van der Waals surface area contributed by atoms with Crippen LogP contribution in [0.2, 0.25) is 0 Å². The SMILES string of the molecule is C=COC(C)CCCCCCCCC. The third-order valence-electron chi connectivity index (χ3n) is 2.54. The molecule has 14 heavy (non-hydrogen) atoms. The first-order valence-electron chi connectivity index (χ1n) is 6.07. The molecule has 0 amide bonds. The van der Waals surface area contributed by atoms with Gasteiger partial charge >= 0.3 is 0 Å². The normalized spacial score (nSPS) is 12.4. The van der Waals surface area contributed by atoms with Gasteiger partial charge in [0.15, 0.2) is 0 Å². The lowest BCUT2D eigenvalue weighted by Crippen LogP contribution is -2.02. The first-order chi connectivity index (χ1) is 6.81. The van der Waals surface area contributed by atoms with Crippen molar-refractivity contribution >= 4 is 0 Å². The fraction of sp³-hybridized carbons (Fsp3) is 0.846. The van der Waals surface area contributed by atoms with Gasteiger partial charge in [-0.2, -0.15) is 0 Å². The molecule has 0 saturated heterocycles. The van der Waals surface area contributed by atoms with Crippen LogP contribution in [0.4, 0.5) is 0 Å². The summed E-state index contributed by atoms with van der Waals surface area (Å²) in [5.74, 6) is 0. The van der Waals surface area contributed by atoms with Gasteiger partial charge in [-0.3, -0.25) is 0 Å². The Labute approximate surface area is 89.5 Å². The molecule has 1 nitrogen and oxygen atoms in total. The third-order valence-corrected chi connectivity index (χ3v) is 2.54. The van der Waals surface area contributed by atoms with Crippen LogP contribution in [0.3, 0.4) is 0 Å². The lowest BCUT2D eigenvalue weighted by atomic mass is 10.1. The van der Waals surface area contributed by atoms with Crippen LogP contribution in [0.1, 0.15) is 65.2 Å². The number of hydrogen-bond donors (Lipinski definition) is 0. The Morgan fingerprint density at radius 1 is 1.07 bits per heavy atom. The highest BCUT2D eigenvalue weighted by atomic mass is 16.5. The van der Waals surface area contributed by atoms with Crippen LogP contribution in [0.25, 0.3) is 0 Å². The molecule has 0 aromatic heterocycles. The summed E-state index contributed by atoms with van der Waals surface area (Å²) < 4.78 is 5.25. The minimum absolute atomic E-state index is 0.350. The van der Waals surface area contributed by atoms with Crippen molar-refractivity contribution in [2.24, 2.45) is 0 Å². The largest absolute Gasteiger partial charge is 0.499 e. The van der Waals surface area contributed by atoms with E-state index in [1.165, 1.54) is 51.4 Å². The van der Waals surface area contributed by atoms with Gasteiger partial charge in [-0.25, -0.2) is 0 Å². The topological polar surface area (TPSA) is 9.23 Å². The van der Waals surface area contributed by atoms with E-state index in [1.54, 1.807) is 6.26 Å². The van der Waals surface area contributed by atoms with Crippen LogP contribution in [-0.2, 0) is 4.74 Å². The Kier molecular flexibility index (Phi) is 10.3. The molecular weight excluding hydrogens is 172 g/mol. The van der Waals surface area contributed by atoms with Crippen LogP contribution in [0.15, 0.2) is 12.8 Å². The second-order valence-electron chi connectivity index (χ2n) is 4.02. The van der Waals surface area contributed by atoms with Crippen molar-refractivity contribution in [2.45, 2.75) is 71.3 Å². The van der Waals surface area contributed by atoms with Gasteiger partial charge in [0, 0.05) is 0 Å². The molecule has 1 unspecified atom stereocenters. The maximum Gasteiger partial charge on any atom is 0.0950 e. The fourth-order valence-electron chi connectivity index (χ4n) is 1.62. The van der Waals surface area contributed by atoms with Gasteiger partial charge in [-0.05, 0) is 19.8 Å². The summed E-state index contributed by atoms with van der Waals surface area (Å²) >= 11 is 0. The van der Waals surface area contributed by atoms with Gasteiger partial charge < -0.3 is 4.74 Å². The van der Waals surface area contributed by atoms with Crippen LogP contribution in [-0.4, -0.2) is 6.10 Å². The van der Waals surface area contributed by atoms with E-state index in [2.05, 4.69) is 20.4 Å². The molecule has 0 radical (unpaired) electrons. The summed E-state index contributed by atoms with van der Waals surface area (Å²) in [6, 6.07) is 0. The standard InChI is InChI=1S/C13H26O/c1-4-6-7-8-9-10-11-12-13(3)14-5-2/h5,13H,2,4,6-12H2,1,3H3. The molecule has 0 heterocycles. The first kappa shape index (κ1) is 13.5. The lowest BCUT2D eigenvalue weighted by molar-refractivity contribution is 0.150. The second-order valence-corrected chi connectivity index (χ2v) is 4.02. The van der Waals surface area contributed by atoms with Crippen molar-refractivity contribution in [1.82, 2.24) is 0 Å². The fourth-order valence-corrected chi connectivity index (χ4v) is 1.62. The van der Waals surface area contributed by atoms with E-state index in [4.69, 9.17) is 4.74 Å². The molecule has 0 aromatic rings. The summed E-state index contributed by atoms with van der Waals surface area (Å²) in [6.07, 6.45) is 12.7. The Morgan fingerprint density at radius 2 is 1.64 bits per heavy atom. The zero-order valence-electron chi connectivity index (χ0n) is 9.93. The predicted octanol–water partition coefficient (Wildman–Crippen LogP) is 4.68. The summed E-state index contributed by atoms with van der Waals surface area (Å²) in [5, 5.41) is 0.